The average Bonchev–Trinajstić information content (AvgIpc) is 3.35. The van der Waals surface area contributed by atoms with E-state index in [1.807, 2.05) is 12.1 Å². The summed E-state index contributed by atoms with van der Waals surface area (Å²) in [7, 11) is 1.74. The van der Waals surface area contributed by atoms with Crippen LogP contribution in [0, 0.1) is 0 Å². The van der Waals surface area contributed by atoms with Crippen LogP contribution < -0.4 is 0 Å². The van der Waals surface area contributed by atoms with Gasteiger partial charge in [-0.2, -0.15) is 18.3 Å². The highest BCUT2D eigenvalue weighted by molar-refractivity contribution is 5.81. The van der Waals surface area contributed by atoms with Crippen molar-refractivity contribution in [3.8, 4) is 34.0 Å². The van der Waals surface area contributed by atoms with Crippen LogP contribution in [0.15, 0.2) is 59.6 Å². The molecule has 0 bridgehead atoms. The van der Waals surface area contributed by atoms with Gasteiger partial charge in [0.1, 0.15) is 17.0 Å². The highest BCUT2D eigenvalue weighted by atomic mass is 19.4. The lowest BCUT2D eigenvalue weighted by atomic mass is 9.87. The summed E-state index contributed by atoms with van der Waals surface area (Å²) < 4.78 is 49.3. The SMILES string of the molecule is C=Cc1ccc2c(c1)CCc1c(-c3noc(-c4ccccc4)c3C(F)(F)F)nn(C)c1-2. The van der Waals surface area contributed by atoms with Gasteiger partial charge in [-0.25, -0.2) is 0 Å². The van der Waals surface area contributed by atoms with E-state index in [-0.39, 0.29) is 17.1 Å². The fraction of sp³-hybridized carbons (Fsp3) is 0.167. The van der Waals surface area contributed by atoms with E-state index in [2.05, 4.69) is 22.9 Å². The Morgan fingerprint density at radius 1 is 1.06 bits per heavy atom. The summed E-state index contributed by atoms with van der Waals surface area (Å²) >= 11 is 0. The molecule has 1 aliphatic rings. The highest BCUT2D eigenvalue weighted by Gasteiger charge is 2.43. The molecule has 0 saturated carbocycles. The number of alkyl halides is 3. The van der Waals surface area contributed by atoms with E-state index in [1.54, 1.807) is 48.1 Å². The van der Waals surface area contributed by atoms with Crippen molar-refractivity contribution >= 4 is 6.08 Å². The third kappa shape index (κ3) is 3.08. The Hall–Kier alpha value is -3.61. The summed E-state index contributed by atoms with van der Waals surface area (Å²) in [5.41, 5.74) is 4.03. The van der Waals surface area contributed by atoms with Gasteiger partial charge in [-0.15, -0.1) is 0 Å². The minimum Gasteiger partial charge on any atom is -0.355 e. The molecule has 0 radical (unpaired) electrons. The minimum absolute atomic E-state index is 0.217. The van der Waals surface area contributed by atoms with Crippen LogP contribution >= 0.6 is 0 Å². The molecular formula is C24H18F3N3O. The summed E-state index contributed by atoms with van der Waals surface area (Å²) in [6, 6.07) is 14.2. The molecule has 2 aromatic carbocycles. The molecule has 156 valence electrons. The number of halogens is 3. The van der Waals surface area contributed by atoms with Crippen molar-refractivity contribution in [3.05, 3.63) is 77.4 Å². The second-order valence-electron chi connectivity index (χ2n) is 7.52. The fourth-order valence-electron chi connectivity index (χ4n) is 4.27. The molecule has 0 aliphatic heterocycles. The topological polar surface area (TPSA) is 43.9 Å². The van der Waals surface area contributed by atoms with Crippen LogP contribution in [-0.2, 0) is 26.1 Å². The number of aromatic nitrogens is 3. The van der Waals surface area contributed by atoms with Gasteiger partial charge in [0.2, 0.25) is 0 Å². The van der Waals surface area contributed by atoms with Crippen LogP contribution in [0.1, 0.15) is 22.3 Å². The van der Waals surface area contributed by atoms with E-state index in [0.29, 0.717) is 18.4 Å². The Morgan fingerprint density at radius 2 is 1.84 bits per heavy atom. The normalized spacial score (nSPS) is 13.0. The quantitative estimate of drug-likeness (QED) is 0.397. The number of rotatable bonds is 3. The first-order valence-corrected chi connectivity index (χ1v) is 9.82. The molecule has 0 spiro atoms. The second kappa shape index (κ2) is 6.97. The van der Waals surface area contributed by atoms with Gasteiger partial charge in [0.05, 0.1) is 5.69 Å². The molecule has 2 aromatic heterocycles. The molecule has 2 heterocycles. The summed E-state index contributed by atoms with van der Waals surface area (Å²) in [6.07, 6.45) is -1.60. The Labute approximate surface area is 176 Å². The van der Waals surface area contributed by atoms with Crippen molar-refractivity contribution in [2.75, 3.05) is 0 Å². The number of hydrogen-bond acceptors (Lipinski definition) is 3. The predicted molar refractivity (Wildman–Crippen MR) is 112 cm³/mol. The number of aryl methyl sites for hydroxylation is 2. The number of hydrogen-bond donors (Lipinski definition) is 0. The molecule has 0 fully saturated rings. The molecule has 5 rings (SSSR count). The van der Waals surface area contributed by atoms with Crippen molar-refractivity contribution in [1.82, 2.24) is 14.9 Å². The number of fused-ring (bicyclic) bond motifs is 3. The van der Waals surface area contributed by atoms with Gasteiger partial charge < -0.3 is 4.52 Å². The maximum absolute atomic E-state index is 14.1. The summed E-state index contributed by atoms with van der Waals surface area (Å²) in [5, 5.41) is 8.31. The zero-order valence-corrected chi connectivity index (χ0v) is 16.7. The van der Waals surface area contributed by atoms with Crippen molar-refractivity contribution in [3.63, 3.8) is 0 Å². The van der Waals surface area contributed by atoms with Crippen molar-refractivity contribution in [2.45, 2.75) is 19.0 Å². The first-order valence-electron chi connectivity index (χ1n) is 9.82. The van der Waals surface area contributed by atoms with Gasteiger partial charge >= 0.3 is 6.18 Å². The standard InChI is InChI=1S/C24H18F3N3O/c1-3-14-9-11-17-16(13-14)10-12-18-20(28-30(2)22(17)18)21-19(24(25,26)27)23(31-29-21)15-7-5-4-6-8-15/h3-9,11,13H,1,10,12H2,2H3. The van der Waals surface area contributed by atoms with Crippen LogP contribution in [0.3, 0.4) is 0 Å². The van der Waals surface area contributed by atoms with Gasteiger partial charge in [-0.1, -0.05) is 66.3 Å². The first-order chi connectivity index (χ1) is 14.9. The van der Waals surface area contributed by atoms with E-state index in [1.165, 1.54) is 0 Å². The molecule has 0 saturated heterocycles. The molecule has 1 aliphatic carbocycles. The van der Waals surface area contributed by atoms with Crippen LogP contribution in [0.2, 0.25) is 0 Å². The molecule has 4 aromatic rings. The molecule has 0 amide bonds. The van der Waals surface area contributed by atoms with Crippen LogP contribution in [0.5, 0.6) is 0 Å². The van der Waals surface area contributed by atoms with E-state index >= 15 is 0 Å². The first kappa shape index (κ1) is 19.4. The largest absolute Gasteiger partial charge is 0.422 e. The van der Waals surface area contributed by atoms with Crippen LogP contribution in [-0.4, -0.2) is 14.9 Å². The van der Waals surface area contributed by atoms with E-state index in [9.17, 15) is 13.2 Å². The molecule has 0 N–H and O–H groups in total. The maximum Gasteiger partial charge on any atom is 0.422 e. The minimum atomic E-state index is -4.64. The highest BCUT2D eigenvalue weighted by Crippen LogP contribution is 2.46. The van der Waals surface area contributed by atoms with E-state index < -0.39 is 11.7 Å². The van der Waals surface area contributed by atoms with Gasteiger partial charge in [0.25, 0.3) is 0 Å². The molecule has 7 heteroatoms. The fourth-order valence-corrected chi connectivity index (χ4v) is 4.27. The lowest BCUT2D eigenvalue weighted by Gasteiger charge is -2.18. The average molecular weight is 421 g/mol. The van der Waals surface area contributed by atoms with E-state index in [4.69, 9.17) is 4.52 Å². The number of benzene rings is 2. The van der Waals surface area contributed by atoms with Gasteiger partial charge in [-0.3, -0.25) is 4.68 Å². The smallest absolute Gasteiger partial charge is 0.355 e. The lowest BCUT2D eigenvalue weighted by molar-refractivity contribution is -0.136. The summed E-state index contributed by atoms with van der Waals surface area (Å²) in [5.74, 6) is -0.297. The molecule has 0 unspecified atom stereocenters. The Balaban J connectivity index is 1.72. The van der Waals surface area contributed by atoms with Gasteiger partial charge in [0, 0.05) is 23.7 Å². The number of nitrogens with zero attached hydrogens (tertiary/aromatic N) is 3. The Morgan fingerprint density at radius 3 is 2.55 bits per heavy atom. The van der Waals surface area contributed by atoms with E-state index in [0.717, 1.165) is 27.9 Å². The van der Waals surface area contributed by atoms with Crippen molar-refractivity contribution < 1.29 is 17.7 Å². The third-order valence-corrected chi connectivity index (χ3v) is 5.65. The predicted octanol–water partition coefficient (Wildman–Crippen LogP) is 6.17. The van der Waals surface area contributed by atoms with Crippen molar-refractivity contribution in [2.24, 2.45) is 7.05 Å². The van der Waals surface area contributed by atoms with Gasteiger partial charge in [-0.05, 0) is 24.0 Å². The lowest BCUT2D eigenvalue weighted by Crippen LogP contribution is -2.09. The third-order valence-electron chi connectivity index (χ3n) is 5.65. The van der Waals surface area contributed by atoms with Crippen LogP contribution in [0.25, 0.3) is 40.0 Å². The molecule has 4 nitrogen and oxygen atoms in total. The zero-order chi connectivity index (χ0) is 21.8. The maximum atomic E-state index is 14.1. The van der Waals surface area contributed by atoms with Crippen molar-refractivity contribution in [1.29, 1.82) is 0 Å². The molecule has 0 atom stereocenters. The van der Waals surface area contributed by atoms with Crippen LogP contribution in [0.4, 0.5) is 13.2 Å². The zero-order valence-electron chi connectivity index (χ0n) is 16.7. The second-order valence-corrected chi connectivity index (χ2v) is 7.52. The Bertz CT molecular complexity index is 1300. The monoisotopic (exact) mass is 421 g/mol. The van der Waals surface area contributed by atoms with Gasteiger partial charge in [0.15, 0.2) is 5.76 Å². The summed E-state index contributed by atoms with van der Waals surface area (Å²) in [6.45, 7) is 3.80. The molecular weight excluding hydrogens is 403 g/mol. The molecule has 31 heavy (non-hydrogen) atoms. The summed E-state index contributed by atoms with van der Waals surface area (Å²) in [4.78, 5) is 0. The Kier molecular flexibility index (Phi) is 4.36.